The van der Waals surface area contributed by atoms with E-state index in [0.717, 1.165) is 31.2 Å². The van der Waals surface area contributed by atoms with Gasteiger partial charge in [0.1, 0.15) is 6.10 Å². The summed E-state index contributed by atoms with van der Waals surface area (Å²) in [7, 11) is -1.85. The molecule has 1 saturated heterocycles. The van der Waals surface area contributed by atoms with Crippen molar-refractivity contribution in [1.29, 1.82) is 0 Å². The highest BCUT2D eigenvalue weighted by Gasteiger charge is 2.33. The van der Waals surface area contributed by atoms with Crippen LogP contribution in [0, 0.1) is 0 Å². The number of rotatable bonds is 6. The van der Waals surface area contributed by atoms with Gasteiger partial charge in [-0.1, -0.05) is 32.9 Å². The monoisotopic (exact) mass is 440 g/mol. The van der Waals surface area contributed by atoms with Crippen LogP contribution in [0.5, 0.6) is 0 Å². The Morgan fingerprint density at radius 2 is 1.80 bits per heavy atom. The van der Waals surface area contributed by atoms with E-state index in [1.165, 1.54) is 0 Å². The minimum absolute atomic E-state index is 0.173. The second-order valence-electron chi connectivity index (χ2n) is 8.22. The summed E-state index contributed by atoms with van der Waals surface area (Å²) in [5.41, 5.74) is 0. The highest BCUT2D eigenvalue weighted by atomic mass is 28.4. The predicted octanol–water partition coefficient (Wildman–Crippen LogP) is 3.85. The molecule has 8 heteroatoms. The van der Waals surface area contributed by atoms with Crippen LogP contribution in [0.1, 0.15) is 52.9 Å². The Morgan fingerprint density at radius 3 is 2.47 bits per heavy atom. The summed E-state index contributed by atoms with van der Waals surface area (Å²) in [5.74, 6) is -0.199. The van der Waals surface area contributed by atoms with E-state index < -0.39 is 8.32 Å². The van der Waals surface area contributed by atoms with Crippen molar-refractivity contribution in [1.82, 2.24) is 10.2 Å². The molecule has 2 aliphatic heterocycles. The maximum atomic E-state index is 12.6. The third kappa shape index (κ3) is 8.04. The predicted molar refractivity (Wildman–Crippen MR) is 120 cm³/mol. The van der Waals surface area contributed by atoms with Crippen LogP contribution in [0.15, 0.2) is 12.2 Å². The SMILES string of the molecule is CC[Si](CC)(CC)OC1CCC(OC(=O)N2CCNCC2)CC=CCCOC(=O)C1. The van der Waals surface area contributed by atoms with Gasteiger partial charge in [0.15, 0.2) is 8.32 Å². The molecule has 0 aromatic carbocycles. The van der Waals surface area contributed by atoms with Crippen LogP contribution in [-0.2, 0) is 18.7 Å². The maximum Gasteiger partial charge on any atom is 0.410 e. The van der Waals surface area contributed by atoms with Gasteiger partial charge >= 0.3 is 12.1 Å². The van der Waals surface area contributed by atoms with E-state index in [-0.39, 0.29) is 30.7 Å². The third-order valence-electron chi connectivity index (χ3n) is 6.31. The third-order valence-corrected chi connectivity index (χ3v) is 11.0. The minimum atomic E-state index is -1.85. The summed E-state index contributed by atoms with van der Waals surface area (Å²) in [5, 5.41) is 3.25. The zero-order valence-corrected chi connectivity index (χ0v) is 20.0. The van der Waals surface area contributed by atoms with Gasteiger partial charge in [-0.3, -0.25) is 4.79 Å². The number of hydrogen-bond donors (Lipinski definition) is 1. The summed E-state index contributed by atoms with van der Waals surface area (Å²) in [4.78, 5) is 26.7. The Bertz CT molecular complexity index is 553. The van der Waals surface area contributed by atoms with E-state index in [0.29, 0.717) is 45.4 Å². The van der Waals surface area contributed by atoms with E-state index in [2.05, 4.69) is 26.1 Å². The lowest BCUT2D eigenvalue weighted by atomic mass is 10.0. The first-order valence-corrected chi connectivity index (χ1v) is 14.2. The number of piperazine rings is 1. The summed E-state index contributed by atoms with van der Waals surface area (Å²) in [6, 6.07) is 3.11. The standard InChI is InChI=1S/C22H40N2O5Si/c1-4-30(5-2,6-3)29-20-12-11-19(10-8-7-9-17-27-21(25)18-20)28-22(26)24-15-13-23-14-16-24/h7-8,19-20,23H,4-6,9-18H2,1-3H3. The normalized spacial score (nSPS) is 24.5. The molecule has 30 heavy (non-hydrogen) atoms. The molecular formula is C22H40N2O5Si. The van der Waals surface area contributed by atoms with Crippen molar-refractivity contribution in [3.63, 3.8) is 0 Å². The smallest absolute Gasteiger partial charge is 0.410 e. The lowest BCUT2D eigenvalue weighted by Crippen LogP contribution is -2.47. The van der Waals surface area contributed by atoms with Crippen molar-refractivity contribution in [3.8, 4) is 0 Å². The van der Waals surface area contributed by atoms with E-state index in [1.54, 1.807) is 4.90 Å². The molecule has 2 atom stereocenters. The molecule has 2 rings (SSSR count). The Labute approximate surface area is 182 Å². The average molecular weight is 441 g/mol. The number of hydrogen-bond acceptors (Lipinski definition) is 6. The van der Waals surface area contributed by atoms with E-state index in [1.807, 2.05) is 12.2 Å². The first-order valence-electron chi connectivity index (χ1n) is 11.7. The molecule has 0 spiro atoms. The van der Waals surface area contributed by atoms with Gasteiger partial charge < -0.3 is 24.1 Å². The molecule has 7 nitrogen and oxygen atoms in total. The van der Waals surface area contributed by atoms with Crippen molar-refractivity contribution < 1.29 is 23.5 Å². The molecule has 1 amide bonds. The molecule has 0 radical (unpaired) electrons. The number of amides is 1. The average Bonchev–Trinajstić information content (AvgIpc) is 2.77. The van der Waals surface area contributed by atoms with Crippen LogP contribution in [0.2, 0.25) is 18.1 Å². The van der Waals surface area contributed by atoms with Gasteiger partial charge in [-0.25, -0.2) is 4.79 Å². The molecule has 172 valence electrons. The second kappa shape index (κ2) is 13.1. The van der Waals surface area contributed by atoms with Gasteiger partial charge in [0.05, 0.1) is 19.1 Å². The lowest BCUT2D eigenvalue weighted by molar-refractivity contribution is -0.145. The summed E-state index contributed by atoms with van der Waals surface area (Å²) >= 11 is 0. The van der Waals surface area contributed by atoms with Gasteiger partial charge in [0.25, 0.3) is 0 Å². The maximum absolute atomic E-state index is 12.6. The van der Waals surface area contributed by atoms with Crippen LogP contribution in [0.3, 0.4) is 0 Å². The Balaban J connectivity index is 2.05. The summed E-state index contributed by atoms with van der Waals surface area (Å²) < 4.78 is 17.9. The van der Waals surface area contributed by atoms with Crippen molar-refractivity contribution >= 4 is 20.4 Å². The fourth-order valence-electron chi connectivity index (χ4n) is 4.07. The molecule has 0 aliphatic carbocycles. The molecule has 2 unspecified atom stereocenters. The van der Waals surface area contributed by atoms with Gasteiger partial charge in [0, 0.05) is 32.6 Å². The fourth-order valence-corrected chi connectivity index (χ4v) is 6.98. The van der Waals surface area contributed by atoms with Gasteiger partial charge in [-0.2, -0.15) is 0 Å². The molecule has 0 aromatic rings. The number of cyclic esters (lactones) is 1. The number of esters is 1. The second-order valence-corrected chi connectivity index (χ2v) is 12.9. The van der Waals surface area contributed by atoms with Crippen LogP contribution < -0.4 is 5.32 Å². The molecule has 1 fully saturated rings. The van der Waals surface area contributed by atoms with Gasteiger partial charge in [-0.15, -0.1) is 0 Å². The lowest BCUT2D eigenvalue weighted by Gasteiger charge is -2.34. The fraction of sp³-hybridized carbons (Fsp3) is 0.818. The molecule has 0 aromatic heterocycles. The first kappa shape index (κ1) is 24.9. The topological polar surface area (TPSA) is 77.1 Å². The molecule has 0 saturated carbocycles. The molecular weight excluding hydrogens is 400 g/mol. The van der Waals surface area contributed by atoms with Gasteiger partial charge in [-0.05, 0) is 37.4 Å². The van der Waals surface area contributed by atoms with Crippen molar-refractivity contribution in [2.24, 2.45) is 0 Å². The number of nitrogens with one attached hydrogen (secondary N) is 1. The highest BCUT2D eigenvalue weighted by molar-refractivity contribution is 6.73. The molecule has 2 heterocycles. The van der Waals surface area contributed by atoms with Crippen LogP contribution in [-0.4, -0.2) is 70.3 Å². The first-order chi connectivity index (χ1) is 14.5. The summed E-state index contributed by atoms with van der Waals surface area (Å²) in [6.07, 6.45) is 6.42. The largest absolute Gasteiger partial charge is 0.465 e. The number of ether oxygens (including phenoxy) is 2. The highest BCUT2D eigenvalue weighted by Crippen LogP contribution is 2.27. The Morgan fingerprint density at radius 1 is 1.13 bits per heavy atom. The van der Waals surface area contributed by atoms with Crippen LogP contribution in [0.25, 0.3) is 0 Å². The molecule has 0 bridgehead atoms. The number of carbonyl (C=O) groups is 2. The molecule has 1 N–H and O–H groups in total. The zero-order chi connectivity index (χ0) is 21.8. The zero-order valence-electron chi connectivity index (χ0n) is 19.0. The minimum Gasteiger partial charge on any atom is -0.465 e. The summed E-state index contributed by atoms with van der Waals surface area (Å²) in [6.45, 7) is 9.91. The number of nitrogens with zero attached hydrogens (tertiary/aromatic N) is 1. The number of carbonyl (C=O) groups excluding carboxylic acids is 2. The van der Waals surface area contributed by atoms with Crippen molar-refractivity contribution in [2.45, 2.75) is 83.2 Å². The van der Waals surface area contributed by atoms with E-state index in [4.69, 9.17) is 13.9 Å². The van der Waals surface area contributed by atoms with Crippen LogP contribution in [0.4, 0.5) is 4.79 Å². The Hall–Kier alpha value is -1.38. The van der Waals surface area contributed by atoms with E-state index in [9.17, 15) is 9.59 Å². The van der Waals surface area contributed by atoms with Crippen LogP contribution >= 0.6 is 0 Å². The Kier molecular flexibility index (Phi) is 10.9. The van der Waals surface area contributed by atoms with Gasteiger partial charge in [0.2, 0.25) is 0 Å². The quantitative estimate of drug-likeness (QED) is 0.384. The van der Waals surface area contributed by atoms with Crippen molar-refractivity contribution in [3.05, 3.63) is 12.2 Å². The van der Waals surface area contributed by atoms with E-state index >= 15 is 0 Å². The van der Waals surface area contributed by atoms with Crippen molar-refractivity contribution in [2.75, 3.05) is 32.8 Å². The molecule has 2 aliphatic rings.